The van der Waals surface area contributed by atoms with Crippen molar-refractivity contribution in [2.45, 2.75) is 83.5 Å². The average molecular weight is 580 g/mol. The van der Waals surface area contributed by atoms with Crippen molar-refractivity contribution >= 4 is 17.4 Å². The number of aromatic nitrogens is 1. The van der Waals surface area contributed by atoms with Crippen LogP contribution in [0.3, 0.4) is 0 Å². The Hall–Kier alpha value is -3.57. The molecule has 0 aliphatic heterocycles. The third kappa shape index (κ3) is 9.79. The number of nitrogens with zero attached hydrogens (tertiary/aromatic N) is 3. The van der Waals surface area contributed by atoms with Crippen molar-refractivity contribution < 1.29 is 27.6 Å². The van der Waals surface area contributed by atoms with Crippen LogP contribution < -0.4 is 15.4 Å². The van der Waals surface area contributed by atoms with Crippen LogP contribution in [0.4, 0.5) is 29.3 Å². The normalized spacial score (nSPS) is 17.9. The molecule has 1 saturated carbocycles. The third-order valence-corrected chi connectivity index (χ3v) is 7.43. The number of hydrogen-bond acceptors (Lipinski definition) is 6. The Kier molecular flexibility index (Phi) is 11.6. The number of nitro benzene ring substituents is 1. The summed E-state index contributed by atoms with van der Waals surface area (Å²) < 4.78 is 46.1. The number of benzene rings is 1. The first kappa shape index (κ1) is 32.0. The zero-order valence-electron chi connectivity index (χ0n) is 23.9. The maximum Gasteiger partial charge on any atom is 0.423 e. The molecule has 3 rings (SSSR count). The van der Waals surface area contributed by atoms with Crippen LogP contribution in [0.5, 0.6) is 5.75 Å². The minimum Gasteiger partial charge on any atom is -0.489 e. The minimum atomic E-state index is -4.81. The Morgan fingerprint density at radius 3 is 2.54 bits per heavy atom. The zero-order valence-corrected chi connectivity index (χ0v) is 23.9. The molecule has 12 heteroatoms. The molecule has 1 heterocycles. The molecular weight excluding hydrogens is 539 g/mol. The Bertz CT molecular complexity index is 1160. The van der Waals surface area contributed by atoms with Gasteiger partial charge in [-0.15, -0.1) is 0 Å². The van der Waals surface area contributed by atoms with Crippen LogP contribution in [0.1, 0.15) is 69.9 Å². The predicted molar refractivity (Wildman–Crippen MR) is 151 cm³/mol. The lowest BCUT2D eigenvalue weighted by Gasteiger charge is -2.30. The van der Waals surface area contributed by atoms with Crippen molar-refractivity contribution in [3.63, 3.8) is 0 Å². The highest BCUT2D eigenvalue weighted by Crippen LogP contribution is 2.38. The number of carbonyl (C=O) groups is 1. The molecule has 2 aromatic rings. The van der Waals surface area contributed by atoms with E-state index >= 15 is 0 Å². The molecule has 226 valence electrons. The van der Waals surface area contributed by atoms with E-state index in [2.05, 4.69) is 29.5 Å². The number of nitro groups is 1. The Labute approximate surface area is 239 Å². The summed E-state index contributed by atoms with van der Waals surface area (Å²) in [6.45, 7) is 5.71. The number of urea groups is 1. The van der Waals surface area contributed by atoms with E-state index in [0.29, 0.717) is 24.5 Å². The van der Waals surface area contributed by atoms with Crippen LogP contribution in [0, 0.1) is 16.0 Å². The molecule has 1 atom stereocenters. The monoisotopic (exact) mass is 579 g/mol. The lowest BCUT2D eigenvalue weighted by molar-refractivity contribution is -0.388. The summed E-state index contributed by atoms with van der Waals surface area (Å²) in [5, 5.41) is 16.8. The number of amides is 2. The first-order valence-corrected chi connectivity index (χ1v) is 14.2. The molecule has 2 amide bonds. The molecule has 1 aliphatic rings. The summed E-state index contributed by atoms with van der Waals surface area (Å²) in [6, 6.07) is 4.93. The second-order valence-corrected chi connectivity index (χ2v) is 10.7. The molecule has 0 radical (unpaired) electrons. The van der Waals surface area contributed by atoms with Crippen LogP contribution in [0.25, 0.3) is 0 Å². The van der Waals surface area contributed by atoms with Crippen LogP contribution in [0.2, 0.25) is 0 Å². The zero-order chi connectivity index (χ0) is 30.0. The van der Waals surface area contributed by atoms with E-state index in [4.69, 9.17) is 4.74 Å². The van der Waals surface area contributed by atoms with Gasteiger partial charge in [0.25, 0.3) is 5.69 Å². The number of ether oxygens (including phenoxy) is 1. The van der Waals surface area contributed by atoms with Gasteiger partial charge in [0, 0.05) is 44.1 Å². The standard InChI is InChI=1S/C29H40F3N5O4/c1-4-14-36(28(38)33-3)15-13-20(2)5-6-21-16-25(19-34-18-21)41-24-10-7-22(8-11-24)35-23-9-12-27(37(39)40)26(17-23)29(30,31)32/h9,12,16-20,22,24,35H,4-8,10-11,13-15H2,1-3H3,(H,33,38). The fourth-order valence-corrected chi connectivity index (χ4v) is 5.11. The molecule has 1 aliphatic carbocycles. The van der Waals surface area contributed by atoms with E-state index in [-0.39, 0.29) is 23.9 Å². The topological polar surface area (TPSA) is 110 Å². The van der Waals surface area contributed by atoms with Gasteiger partial charge in [0.2, 0.25) is 0 Å². The molecule has 0 spiro atoms. The highest BCUT2D eigenvalue weighted by molar-refractivity contribution is 5.73. The van der Waals surface area contributed by atoms with Gasteiger partial charge >= 0.3 is 12.2 Å². The second-order valence-electron chi connectivity index (χ2n) is 10.7. The molecular formula is C29H40F3N5O4. The number of anilines is 1. The first-order valence-electron chi connectivity index (χ1n) is 14.2. The van der Waals surface area contributed by atoms with E-state index in [1.165, 1.54) is 6.07 Å². The van der Waals surface area contributed by atoms with Gasteiger partial charge in [-0.05, 0) is 81.0 Å². The molecule has 1 aromatic heterocycles. The van der Waals surface area contributed by atoms with Gasteiger partial charge < -0.3 is 20.3 Å². The summed E-state index contributed by atoms with van der Waals surface area (Å²) in [6.07, 6.45) is 5.18. The summed E-state index contributed by atoms with van der Waals surface area (Å²) in [4.78, 5) is 28.2. The van der Waals surface area contributed by atoms with Gasteiger partial charge in [0.05, 0.1) is 17.2 Å². The number of halogens is 3. The maximum absolute atomic E-state index is 13.3. The number of carbonyl (C=O) groups excluding carboxylic acids is 1. The molecule has 1 fully saturated rings. The van der Waals surface area contributed by atoms with Crippen molar-refractivity contribution in [3.05, 3.63) is 57.9 Å². The Balaban J connectivity index is 1.46. The predicted octanol–water partition coefficient (Wildman–Crippen LogP) is 6.82. The lowest BCUT2D eigenvalue weighted by atomic mass is 9.92. The molecule has 41 heavy (non-hydrogen) atoms. The smallest absolute Gasteiger partial charge is 0.423 e. The Morgan fingerprint density at radius 1 is 1.17 bits per heavy atom. The van der Waals surface area contributed by atoms with Crippen LogP contribution in [-0.4, -0.2) is 53.1 Å². The van der Waals surface area contributed by atoms with Crippen LogP contribution >= 0.6 is 0 Å². The van der Waals surface area contributed by atoms with Crippen molar-refractivity contribution in [2.24, 2.45) is 5.92 Å². The molecule has 0 bridgehead atoms. The lowest BCUT2D eigenvalue weighted by Crippen LogP contribution is -2.39. The number of rotatable bonds is 13. The number of nitrogens with one attached hydrogen (secondary N) is 2. The molecule has 2 N–H and O–H groups in total. The highest BCUT2D eigenvalue weighted by atomic mass is 19.4. The summed E-state index contributed by atoms with van der Waals surface area (Å²) >= 11 is 0. The number of hydrogen-bond donors (Lipinski definition) is 2. The van der Waals surface area contributed by atoms with Crippen molar-refractivity contribution in [1.29, 1.82) is 0 Å². The largest absolute Gasteiger partial charge is 0.489 e. The van der Waals surface area contributed by atoms with Gasteiger partial charge in [0.15, 0.2) is 0 Å². The molecule has 1 unspecified atom stereocenters. The Morgan fingerprint density at radius 2 is 1.90 bits per heavy atom. The van der Waals surface area contributed by atoms with E-state index < -0.39 is 22.4 Å². The van der Waals surface area contributed by atoms with Crippen molar-refractivity contribution in [3.8, 4) is 5.75 Å². The fourth-order valence-electron chi connectivity index (χ4n) is 5.11. The summed E-state index contributed by atoms with van der Waals surface area (Å²) in [5.74, 6) is 1.14. The molecule has 1 aromatic carbocycles. The quantitative estimate of drug-likeness (QED) is 0.199. The summed E-state index contributed by atoms with van der Waals surface area (Å²) in [5.41, 5.74) is -0.913. The van der Waals surface area contributed by atoms with E-state index in [1.54, 1.807) is 13.2 Å². The molecule has 0 saturated heterocycles. The van der Waals surface area contributed by atoms with Crippen molar-refractivity contribution in [2.75, 3.05) is 25.5 Å². The average Bonchev–Trinajstić information content (AvgIpc) is 2.94. The van der Waals surface area contributed by atoms with Crippen LogP contribution in [-0.2, 0) is 12.6 Å². The fraction of sp³-hybridized carbons (Fsp3) is 0.586. The number of pyridine rings is 1. The van der Waals surface area contributed by atoms with Gasteiger partial charge in [0.1, 0.15) is 11.3 Å². The third-order valence-electron chi connectivity index (χ3n) is 7.43. The second kappa shape index (κ2) is 14.9. The van der Waals surface area contributed by atoms with E-state index in [9.17, 15) is 28.1 Å². The molecule has 9 nitrogen and oxygen atoms in total. The van der Waals surface area contributed by atoms with Gasteiger partial charge in [-0.3, -0.25) is 15.1 Å². The number of aryl methyl sites for hydroxylation is 1. The highest BCUT2D eigenvalue weighted by Gasteiger charge is 2.38. The van der Waals surface area contributed by atoms with E-state index in [1.807, 2.05) is 17.2 Å². The van der Waals surface area contributed by atoms with Crippen LogP contribution in [0.15, 0.2) is 36.7 Å². The minimum absolute atomic E-state index is 0.0270. The van der Waals surface area contributed by atoms with E-state index in [0.717, 1.165) is 69.3 Å². The number of alkyl halides is 3. The first-order chi connectivity index (χ1) is 19.5. The van der Waals surface area contributed by atoms with Gasteiger partial charge in [-0.1, -0.05) is 13.8 Å². The maximum atomic E-state index is 13.3. The summed E-state index contributed by atoms with van der Waals surface area (Å²) in [7, 11) is 1.65. The van der Waals surface area contributed by atoms with Gasteiger partial charge in [-0.2, -0.15) is 13.2 Å². The van der Waals surface area contributed by atoms with Gasteiger partial charge in [-0.25, -0.2) is 4.79 Å². The van der Waals surface area contributed by atoms with Crippen molar-refractivity contribution in [1.82, 2.24) is 15.2 Å². The SMILES string of the molecule is CCCN(CCC(C)CCc1cncc(OC2CCC(Nc3ccc([N+](=O)[O-])c(C(F)(F)F)c3)CC2)c1)C(=O)NC.